The highest BCUT2D eigenvalue weighted by molar-refractivity contribution is 7.14. The Hall–Kier alpha value is -6.65. The summed E-state index contributed by atoms with van der Waals surface area (Å²) in [6.45, 7) is 2.88. The molecule has 18 nitrogen and oxygen atoms in total. The van der Waals surface area contributed by atoms with Crippen molar-refractivity contribution in [2.45, 2.75) is 56.5 Å². The fourth-order valence-electron chi connectivity index (χ4n) is 8.38. The fraction of sp³-hybridized carbons (Fsp3) is 0.375. The molecule has 4 aliphatic rings. The molecule has 0 spiro atoms. The molecule has 5 amide bonds. The van der Waals surface area contributed by atoms with Gasteiger partial charge in [-0.15, -0.1) is 10.2 Å². The molecule has 4 aromatic heterocycles. The van der Waals surface area contributed by atoms with E-state index in [4.69, 9.17) is 0 Å². The predicted molar refractivity (Wildman–Crippen MR) is 215 cm³/mol. The minimum atomic E-state index is -1.00. The highest BCUT2D eigenvalue weighted by Crippen LogP contribution is 2.39. The standard InChI is InChI=1S/C40H39N13O5S/c1-42-30-16-32(53-35-24(19-45-53)14-22(17-41)18-44-35)43-20-29(30)38-49-48-37(59-38)23-2-4-25(5-3-23)46-34(55)21-50-10-12-51(13-11-50)26-6-7-27-28(15-26)40(58)52(39(27)57)31-8-9-33(54)47-36(31)56/h6-7,14-16,18-20,23,25,31H,2-5,8-13,21H2,1H3,(H,42,43)(H,46,55)(H,47,54,56). The second kappa shape index (κ2) is 15.6. The normalized spacial score (nSPS) is 21.1. The van der Waals surface area contributed by atoms with E-state index < -0.39 is 29.7 Å². The molecule has 0 bridgehead atoms. The Kier molecular flexibility index (Phi) is 10.0. The van der Waals surface area contributed by atoms with Gasteiger partial charge in [-0.1, -0.05) is 11.3 Å². The summed E-state index contributed by atoms with van der Waals surface area (Å²) in [6, 6.07) is 9.95. The molecule has 9 rings (SSSR count). The van der Waals surface area contributed by atoms with Crippen molar-refractivity contribution in [2.24, 2.45) is 0 Å². The van der Waals surface area contributed by atoms with Crippen molar-refractivity contribution >= 4 is 63.3 Å². The van der Waals surface area contributed by atoms with Gasteiger partial charge in [-0.25, -0.2) is 9.97 Å². The molecule has 3 fully saturated rings. The monoisotopic (exact) mass is 813 g/mol. The lowest BCUT2D eigenvalue weighted by molar-refractivity contribution is -0.136. The molecule has 2 saturated heterocycles. The summed E-state index contributed by atoms with van der Waals surface area (Å²) in [4.78, 5) is 77.9. The van der Waals surface area contributed by atoms with E-state index in [9.17, 15) is 29.2 Å². The van der Waals surface area contributed by atoms with Crippen LogP contribution >= 0.6 is 11.3 Å². The zero-order valence-corrected chi connectivity index (χ0v) is 32.9. The summed E-state index contributed by atoms with van der Waals surface area (Å²) in [7, 11) is 1.84. The van der Waals surface area contributed by atoms with E-state index in [1.807, 2.05) is 19.2 Å². The van der Waals surface area contributed by atoms with E-state index in [1.165, 1.54) is 6.20 Å². The molecule has 59 heavy (non-hydrogen) atoms. The van der Waals surface area contributed by atoms with Crippen molar-refractivity contribution in [3.8, 4) is 22.5 Å². The Bertz CT molecular complexity index is 2570. The van der Waals surface area contributed by atoms with E-state index in [-0.39, 0.29) is 41.8 Å². The number of nitrogens with one attached hydrogen (secondary N) is 3. The van der Waals surface area contributed by atoms with Gasteiger partial charge in [0.1, 0.15) is 17.1 Å². The number of rotatable bonds is 9. The lowest BCUT2D eigenvalue weighted by atomic mass is 9.86. The number of piperazine rings is 1. The molecule has 5 aromatic rings. The summed E-state index contributed by atoms with van der Waals surface area (Å²) >= 11 is 1.56. The van der Waals surface area contributed by atoms with Gasteiger partial charge >= 0.3 is 0 Å². The van der Waals surface area contributed by atoms with E-state index in [1.54, 1.807) is 46.6 Å². The Morgan fingerprint density at radius 2 is 1.71 bits per heavy atom. The number of anilines is 2. The lowest BCUT2D eigenvalue weighted by Gasteiger charge is -2.36. The summed E-state index contributed by atoms with van der Waals surface area (Å²) in [5.74, 6) is -1.28. The first-order valence-corrected chi connectivity index (χ1v) is 20.4. The number of nitriles is 1. The van der Waals surface area contributed by atoms with Gasteiger partial charge in [0.05, 0.1) is 35.0 Å². The fourth-order valence-corrected chi connectivity index (χ4v) is 9.41. The molecule has 19 heteroatoms. The number of nitrogens with zero attached hydrogens (tertiary/aromatic N) is 10. The van der Waals surface area contributed by atoms with Gasteiger partial charge < -0.3 is 15.5 Å². The number of piperidine rings is 1. The first-order chi connectivity index (χ1) is 28.7. The highest BCUT2D eigenvalue weighted by Gasteiger charge is 2.45. The number of benzene rings is 1. The van der Waals surface area contributed by atoms with Crippen LogP contribution in [-0.4, -0.2) is 121 Å². The largest absolute Gasteiger partial charge is 0.387 e. The molecule has 1 saturated carbocycles. The highest BCUT2D eigenvalue weighted by atomic mass is 32.1. The number of hydrogen-bond donors (Lipinski definition) is 3. The van der Waals surface area contributed by atoms with Crippen LogP contribution in [0.1, 0.15) is 75.7 Å². The maximum absolute atomic E-state index is 13.3. The third kappa shape index (κ3) is 7.25. The third-order valence-electron chi connectivity index (χ3n) is 11.6. The first-order valence-electron chi connectivity index (χ1n) is 19.6. The quantitative estimate of drug-likeness (QED) is 0.182. The topological polar surface area (TPSA) is 224 Å². The zero-order chi connectivity index (χ0) is 40.8. The average Bonchev–Trinajstić information content (AvgIpc) is 3.98. The van der Waals surface area contributed by atoms with Gasteiger partial charge in [0, 0.05) is 86.8 Å². The number of hydrogen-bond acceptors (Lipinski definition) is 15. The SMILES string of the molecule is CNc1cc(-n2ncc3cc(C#N)cnc32)ncc1-c1nnc(C2CCC(NC(=O)CN3CCN(c4ccc5c(c4)C(=O)N(C4CCC(=O)NC4=O)C5=O)CC3)CC2)s1. The average molecular weight is 814 g/mol. The second-order valence-electron chi connectivity index (χ2n) is 15.1. The minimum Gasteiger partial charge on any atom is -0.387 e. The number of imide groups is 2. The summed E-state index contributed by atoms with van der Waals surface area (Å²) in [5, 5.41) is 33.9. The van der Waals surface area contributed by atoms with E-state index in [0.717, 1.165) is 62.9 Å². The van der Waals surface area contributed by atoms with Crippen LogP contribution < -0.4 is 20.9 Å². The molecule has 1 aromatic carbocycles. The van der Waals surface area contributed by atoms with Crippen LogP contribution in [0.2, 0.25) is 0 Å². The Balaban J connectivity index is 0.750. The van der Waals surface area contributed by atoms with E-state index in [0.29, 0.717) is 49.8 Å². The lowest BCUT2D eigenvalue weighted by Crippen LogP contribution is -2.54. The Morgan fingerprint density at radius 1 is 0.915 bits per heavy atom. The number of amides is 5. The molecular formula is C40H39N13O5S. The maximum atomic E-state index is 13.3. The first kappa shape index (κ1) is 37.9. The summed E-state index contributed by atoms with van der Waals surface area (Å²) < 4.78 is 1.64. The number of carbonyl (C=O) groups excluding carboxylic acids is 5. The molecule has 1 aliphatic carbocycles. The van der Waals surface area contributed by atoms with Crippen LogP contribution in [0.4, 0.5) is 11.4 Å². The van der Waals surface area contributed by atoms with Gasteiger partial charge in [-0.2, -0.15) is 15.0 Å². The van der Waals surface area contributed by atoms with E-state index >= 15 is 0 Å². The smallest absolute Gasteiger partial charge is 0.262 e. The Labute approximate surface area is 341 Å². The van der Waals surface area contributed by atoms with Crippen LogP contribution in [0.25, 0.3) is 27.4 Å². The molecule has 7 heterocycles. The van der Waals surface area contributed by atoms with Gasteiger partial charge in [-0.05, 0) is 56.4 Å². The van der Waals surface area contributed by atoms with Crippen molar-refractivity contribution in [2.75, 3.05) is 50.0 Å². The number of aromatic nitrogens is 6. The second-order valence-corrected chi connectivity index (χ2v) is 16.2. The molecule has 3 aliphatic heterocycles. The summed E-state index contributed by atoms with van der Waals surface area (Å²) in [5.41, 5.74) is 4.02. The predicted octanol–water partition coefficient (Wildman–Crippen LogP) is 2.61. The van der Waals surface area contributed by atoms with E-state index in [2.05, 4.69) is 57.1 Å². The summed E-state index contributed by atoms with van der Waals surface area (Å²) in [6.07, 6.45) is 8.59. The van der Waals surface area contributed by atoms with Crippen LogP contribution in [0.3, 0.4) is 0 Å². The van der Waals surface area contributed by atoms with Gasteiger partial charge in [-0.3, -0.25) is 39.1 Å². The molecule has 1 atom stereocenters. The van der Waals surface area contributed by atoms with Crippen molar-refractivity contribution in [3.05, 3.63) is 70.6 Å². The molecule has 1 unspecified atom stereocenters. The van der Waals surface area contributed by atoms with Crippen LogP contribution in [0.15, 0.2) is 48.9 Å². The molecular weight excluding hydrogens is 775 g/mol. The molecule has 300 valence electrons. The van der Waals surface area contributed by atoms with Gasteiger partial charge in [0.15, 0.2) is 16.5 Å². The third-order valence-corrected chi connectivity index (χ3v) is 12.7. The van der Waals surface area contributed by atoms with Crippen LogP contribution in [0, 0.1) is 11.3 Å². The van der Waals surface area contributed by atoms with Crippen LogP contribution in [-0.2, 0) is 14.4 Å². The van der Waals surface area contributed by atoms with Crippen LogP contribution in [0.5, 0.6) is 0 Å². The zero-order valence-electron chi connectivity index (χ0n) is 32.1. The van der Waals surface area contributed by atoms with Crippen molar-refractivity contribution in [3.63, 3.8) is 0 Å². The number of fused-ring (bicyclic) bond motifs is 2. The molecule has 0 radical (unpaired) electrons. The number of pyridine rings is 2. The Morgan fingerprint density at radius 3 is 2.47 bits per heavy atom. The van der Waals surface area contributed by atoms with Crippen molar-refractivity contribution in [1.82, 2.24) is 50.4 Å². The molecule has 3 N–H and O–H groups in total. The minimum absolute atomic E-state index is 0.00312. The van der Waals surface area contributed by atoms with Crippen molar-refractivity contribution in [1.29, 1.82) is 5.26 Å². The van der Waals surface area contributed by atoms with Gasteiger partial charge in [0.2, 0.25) is 17.7 Å². The van der Waals surface area contributed by atoms with Gasteiger partial charge in [0.25, 0.3) is 11.8 Å². The van der Waals surface area contributed by atoms with Crippen molar-refractivity contribution < 1.29 is 24.0 Å². The number of carbonyl (C=O) groups is 5. The maximum Gasteiger partial charge on any atom is 0.262 e.